The van der Waals surface area contributed by atoms with Gasteiger partial charge in [0.15, 0.2) is 11.7 Å². The molecule has 0 amide bonds. The smallest absolute Gasteiger partial charge is 0.191 e. The van der Waals surface area contributed by atoms with Gasteiger partial charge in [0.2, 0.25) is 0 Å². The van der Waals surface area contributed by atoms with Gasteiger partial charge in [-0.15, -0.1) is 0 Å². The highest BCUT2D eigenvalue weighted by atomic mass is 16.5. The zero-order valence-electron chi connectivity index (χ0n) is 15.3. The van der Waals surface area contributed by atoms with Gasteiger partial charge in [-0.3, -0.25) is 4.99 Å². The van der Waals surface area contributed by atoms with Crippen molar-refractivity contribution in [2.75, 3.05) is 20.2 Å². The standard InChI is InChI=1S/C18H32N4O2/c1-14(2)17-12-16(24-22-17)13-21-18(19-3)20-10-11-23-15-8-6-4-5-7-9-15/h12,14-15H,4-11,13H2,1-3H3,(H2,19,20,21). The van der Waals surface area contributed by atoms with Crippen molar-refractivity contribution in [3.05, 3.63) is 17.5 Å². The molecule has 136 valence electrons. The molecule has 6 heteroatoms. The molecule has 1 saturated carbocycles. The minimum atomic E-state index is 0.376. The van der Waals surface area contributed by atoms with E-state index in [2.05, 4.69) is 34.6 Å². The van der Waals surface area contributed by atoms with Crippen LogP contribution in [0.25, 0.3) is 0 Å². The summed E-state index contributed by atoms with van der Waals surface area (Å²) in [6.45, 7) is 6.24. The maximum Gasteiger partial charge on any atom is 0.191 e. The highest BCUT2D eigenvalue weighted by Gasteiger charge is 2.12. The van der Waals surface area contributed by atoms with Crippen molar-refractivity contribution >= 4 is 5.96 Å². The monoisotopic (exact) mass is 336 g/mol. The van der Waals surface area contributed by atoms with Crippen molar-refractivity contribution in [1.29, 1.82) is 0 Å². The van der Waals surface area contributed by atoms with E-state index < -0.39 is 0 Å². The van der Waals surface area contributed by atoms with E-state index in [0.717, 1.165) is 24.0 Å². The van der Waals surface area contributed by atoms with E-state index in [1.807, 2.05) is 6.07 Å². The molecule has 0 unspecified atom stereocenters. The Balaban J connectivity index is 1.63. The van der Waals surface area contributed by atoms with Crippen molar-refractivity contribution < 1.29 is 9.26 Å². The van der Waals surface area contributed by atoms with E-state index in [9.17, 15) is 0 Å². The molecular formula is C18H32N4O2. The Bertz CT molecular complexity index is 491. The van der Waals surface area contributed by atoms with Gasteiger partial charge < -0.3 is 19.9 Å². The lowest BCUT2D eigenvalue weighted by Gasteiger charge is -2.16. The fourth-order valence-corrected chi connectivity index (χ4v) is 2.88. The quantitative estimate of drug-likeness (QED) is 0.346. The molecule has 1 aliphatic rings. The van der Waals surface area contributed by atoms with Crippen LogP contribution in [0.15, 0.2) is 15.6 Å². The first-order valence-electron chi connectivity index (χ1n) is 9.20. The molecule has 1 aliphatic carbocycles. The summed E-state index contributed by atoms with van der Waals surface area (Å²) in [6, 6.07) is 1.99. The molecule has 24 heavy (non-hydrogen) atoms. The number of hydrogen-bond acceptors (Lipinski definition) is 4. The molecule has 1 fully saturated rings. The molecule has 0 aliphatic heterocycles. The van der Waals surface area contributed by atoms with Crippen LogP contribution in [0, 0.1) is 0 Å². The Hall–Kier alpha value is -1.56. The Morgan fingerprint density at radius 3 is 2.67 bits per heavy atom. The first kappa shape index (κ1) is 18.8. The van der Waals surface area contributed by atoms with Crippen molar-refractivity contribution in [3.63, 3.8) is 0 Å². The maximum atomic E-state index is 5.98. The van der Waals surface area contributed by atoms with Gasteiger partial charge in [-0.2, -0.15) is 0 Å². The summed E-state index contributed by atoms with van der Waals surface area (Å²) in [5.41, 5.74) is 0.978. The van der Waals surface area contributed by atoms with E-state index in [1.165, 1.54) is 38.5 Å². The molecule has 0 radical (unpaired) electrons. The van der Waals surface area contributed by atoms with Gasteiger partial charge in [-0.05, 0) is 18.8 Å². The first-order chi connectivity index (χ1) is 11.7. The molecular weight excluding hydrogens is 304 g/mol. The second-order valence-electron chi connectivity index (χ2n) is 6.71. The van der Waals surface area contributed by atoms with Crippen molar-refractivity contribution in [2.45, 2.75) is 70.9 Å². The lowest BCUT2D eigenvalue weighted by atomic mass is 10.1. The summed E-state index contributed by atoms with van der Waals surface area (Å²) < 4.78 is 11.3. The van der Waals surface area contributed by atoms with E-state index in [0.29, 0.717) is 25.2 Å². The molecule has 1 aromatic rings. The van der Waals surface area contributed by atoms with Crippen molar-refractivity contribution in [3.8, 4) is 0 Å². The second kappa shape index (κ2) is 10.3. The SMILES string of the molecule is CN=C(NCCOC1CCCCCC1)NCc1cc(C(C)C)no1. The zero-order chi connectivity index (χ0) is 17.2. The van der Waals surface area contributed by atoms with Gasteiger partial charge in [0, 0.05) is 19.7 Å². The zero-order valence-corrected chi connectivity index (χ0v) is 15.3. The first-order valence-corrected chi connectivity index (χ1v) is 9.20. The van der Waals surface area contributed by atoms with Gasteiger partial charge in [0.05, 0.1) is 24.9 Å². The summed E-state index contributed by atoms with van der Waals surface area (Å²) in [6.07, 6.45) is 8.16. The molecule has 0 saturated heterocycles. The van der Waals surface area contributed by atoms with Crippen LogP contribution < -0.4 is 10.6 Å². The second-order valence-corrected chi connectivity index (χ2v) is 6.71. The van der Waals surface area contributed by atoms with Crippen LogP contribution in [0.4, 0.5) is 0 Å². The number of nitrogens with one attached hydrogen (secondary N) is 2. The Morgan fingerprint density at radius 1 is 1.29 bits per heavy atom. The van der Waals surface area contributed by atoms with Gasteiger partial charge in [-0.1, -0.05) is 44.7 Å². The van der Waals surface area contributed by atoms with Gasteiger partial charge >= 0.3 is 0 Å². The van der Waals surface area contributed by atoms with Crippen LogP contribution in [-0.2, 0) is 11.3 Å². The molecule has 6 nitrogen and oxygen atoms in total. The fraction of sp³-hybridized carbons (Fsp3) is 0.778. The van der Waals surface area contributed by atoms with Crippen LogP contribution >= 0.6 is 0 Å². The fourth-order valence-electron chi connectivity index (χ4n) is 2.88. The number of ether oxygens (including phenoxy) is 1. The average Bonchev–Trinajstić information content (AvgIpc) is 2.91. The molecule has 2 N–H and O–H groups in total. The molecule has 0 spiro atoms. The third-order valence-electron chi connectivity index (χ3n) is 4.37. The topological polar surface area (TPSA) is 71.7 Å². The third kappa shape index (κ3) is 6.51. The maximum absolute atomic E-state index is 5.98. The van der Waals surface area contributed by atoms with E-state index in [4.69, 9.17) is 9.26 Å². The third-order valence-corrected chi connectivity index (χ3v) is 4.37. The predicted octanol–water partition coefficient (Wildman–Crippen LogP) is 3.20. The van der Waals surface area contributed by atoms with Crippen LogP contribution in [0.1, 0.15) is 69.7 Å². The summed E-state index contributed by atoms with van der Waals surface area (Å²) >= 11 is 0. The molecule has 2 rings (SSSR count). The summed E-state index contributed by atoms with van der Waals surface area (Å²) in [5.74, 6) is 1.94. The molecule has 1 aromatic heterocycles. The van der Waals surface area contributed by atoms with E-state index in [1.54, 1.807) is 7.05 Å². The lowest BCUT2D eigenvalue weighted by Crippen LogP contribution is -2.38. The van der Waals surface area contributed by atoms with Crippen LogP contribution in [0.5, 0.6) is 0 Å². The minimum Gasteiger partial charge on any atom is -0.376 e. The highest BCUT2D eigenvalue weighted by molar-refractivity contribution is 5.79. The van der Waals surface area contributed by atoms with Gasteiger partial charge in [0.1, 0.15) is 0 Å². The Labute approximate surface area is 145 Å². The number of aliphatic imine (C=N–C) groups is 1. The van der Waals surface area contributed by atoms with Gasteiger partial charge in [0.25, 0.3) is 0 Å². The molecule has 0 aromatic carbocycles. The van der Waals surface area contributed by atoms with Crippen LogP contribution in [-0.4, -0.2) is 37.4 Å². The Kier molecular flexibility index (Phi) is 8.08. The largest absolute Gasteiger partial charge is 0.376 e. The van der Waals surface area contributed by atoms with E-state index in [-0.39, 0.29) is 0 Å². The van der Waals surface area contributed by atoms with Crippen molar-refractivity contribution in [2.24, 2.45) is 4.99 Å². The Morgan fingerprint density at radius 2 is 2.04 bits per heavy atom. The van der Waals surface area contributed by atoms with E-state index >= 15 is 0 Å². The number of hydrogen-bond donors (Lipinski definition) is 2. The van der Waals surface area contributed by atoms with Crippen LogP contribution in [0.2, 0.25) is 0 Å². The summed E-state index contributed by atoms with van der Waals surface area (Å²) in [5, 5.41) is 10.6. The highest BCUT2D eigenvalue weighted by Crippen LogP contribution is 2.19. The summed E-state index contributed by atoms with van der Waals surface area (Å²) in [7, 11) is 1.77. The normalized spacial score (nSPS) is 17.1. The molecule has 1 heterocycles. The predicted molar refractivity (Wildman–Crippen MR) is 96.2 cm³/mol. The molecule has 0 bridgehead atoms. The number of rotatable bonds is 7. The summed E-state index contributed by atoms with van der Waals surface area (Å²) in [4.78, 5) is 4.22. The number of guanidine groups is 1. The van der Waals surface area contributed by atoms with Crippen LogP contribution in [0.3, 0.4) is 0 Å². The van der Waals surface area contributed by atoms with Gasteiger partial charge in [-0.25, -0.2) is 0 Å². The average molecular weight is 336 g/mol. The van der Waals surface area contributed by atoms with Crippen molar-refractivity contribution in [1.82, 2.24) is 15.8 Å². The number of nitrogens with zero attached hydrogens (tertiary/aromatic N) is 2. The molecule has 0 atom stereocenters. The minimum absolute atomic E-state index is 0.376. The number of aromatic nitrogens is 1. The lowest BCUT2D eigenvalue weighted by molar-refractivity contribution is 0.0468.